The van der Waals surface area contributed by atoms with E-state index in [1.165, 1.54) is 25.7 Å². The number of likely N-dealkylation sites (tertiary alicyclic amines) is 1. The summed E-state index contributed by atoms with van der Waals surface area (Å²) in [5, 5.41) is 17.7. The van der Waals surface area contributed by atoms with Gasteiger partial charge in [0.15, 0.2) is 0 Å². The topological polar surface area (TPSA) is 81.7 Å². The fourth-order valence-electron chi connectivity index (χ4n) is 6.09. The first-order chi connectivity index (χ1) is 16.0. The van der Waals surface area contributed by atoms with Gasteiger partial charge in [0.05, 0.1) is 18.2 Å². The highest BCUT2D eigenvalue weighted by atomic mass is 32.2. The number of hydrogen-bond acceptors (Lipinski definition) is 6. The highest BCUT2D eigenvalue weighted by Crippen LogP contribution is 2.39. The van der Waals surface area contributed by atoms with E-state index >= 15 is 0 Å². The van der Waals surface area contributed by atoms with Crippen molar-refractivity contribution < 1.29 is 14.7 Å². The molecule has 5 atom stereocenters. The normalized spacial score (nSPS) is 26.9. The number of carbonyl (C=O) groups is 2. The van der Waals surface area contributed by atoms with Crippen molar-refractivity contribution in [1.29, 1.82) is 0 Å². The van der Waals surface area contributed by atoms with E-state index in [2.05, 4.69) is 15.5 Å². The largest absolute Gasteiger partial charge is 0.390 e. The number of hydrogen-bond donors (Lipinski definition) is 3. The second-order valence-electron chi connectivity index (χ2n) is 10.1. The third-order valence-corrected chi connectivity index (χ3v) is 8.55. The molecule has 3 aliphatic rings. The lowest BCUT2D eigenvalue weighted by atomic mass is 9.72. The number of nitrogens with one attached hydrogen (secondary N) is 2. The van der Waals surface area contributed by atoms with Crippen LogP contribution in [0.25, 0.3) is 0 Å². The summed E-state index contributed by atoms with van der Waals surface area (Å²) in [7, 11) is 0. The van der Waals surface area contributed by atoms with Crippen LogP contribution in [0.1, 0.15) is 61.4 Å². The molecule has 1 saturated carbocycles. The molecule has 2 unspecified atom stereocenters. The average Bonchev–Trinajstić information content (AvgIpc) is 2.82. The average molecular weight is 474 g/mol. The number of β-amino-alcohol motifs (C(OH)–C–C–N with tert-alkyl or cyclic N) is 1. The monoisotopic (exact) mass is 473 g/mol. The van der Waals surface area contributed by atoms with Crippen LogP contribution in [0.4, 0.5) is 5.69 Å². The Morgan fingerprint density at radius 1 is 1.24 bits per heavy atom. The number of Topliss-reactive ketones (excluding diaryl/α,β-unsaturated/α-hetero) is 1. The van der Waals surface area contributed by atoms with Gasteiger partial charge in [0.2, 0.25) is 0 Å². The molecule has 7 heteroatoms. The first-order valence-electron chi connectivity index (χ1n) is 12.6. The standard InChI is InChI=1S/C26H39N3O3S/c1-17(30)24-13-18-7-3-4-8-19(18)14-29(24)15-25(31)23(16-33-2)28-26(32)21-9-5-11-22-20(21)10-6-12-27-22/h5,9,11,18-19,23-25,27,31H,3-4,6-8,10,12-16H2,1-2H3,(H,28,32)/t18-,19+,23?,24-,25?/m0/s1. The smallest absolute Gasteiger partial charge is 0.251 e. The van der Waals surface area contributed by atoms with Crippen molar-refractivity contribution in [3.63, 3.8) is 0 Å². The highest BCUT2D eigenvalue weighted by molar-refractivity contribution is 7.98. The summed E-state index contributed by atoms with van der Waals surface area (Å²) in [6.45, 7) is 3.92. The van der Waals surface area contributed by atoms with Crippen molar-refractivity contribution in [3.05, 3.63) is 29.3 Å². The van der Waals surface area contributed by atoms with E-state index in [-0.39, 0.29) is 23.8 Å². The number of aliphatic hydroxyl groups is 1. The van der Waals surface area contributed by atoms with Gasteiger partial charge in [-0.1, -0.05) is 25.3 Å². The Bertz CT molecular complexity index is 848. The Kier molecular flexibility index (Phi) is 8.36. The Morgan fingerprint density at radius 3 is 2.79 bits per heavy atom. The molecule has 1 aliphatic carbocycles. The van der Waals surface area contributed by atoms with Gasteiger partial charge >= 0.3 is 0 Å². The van der Waals surface area contributed by atoms with Gasteiger partial charge in [-0.05, 0) is 68.4 Å². The third-order valence-electron chi connectivity index (χ3n) is 7.86. The number of carbonyl (C=O) groups excluding carboxylic acids is 2. The number of ketones is 1. The molecule has 182 valence electrons. The number of piperidine rings is 1. The van der Waals surface area contributed by atoms with E-state index in [1.54, 1.807) is 18.7 Å². The number of fused-ring (bicyclic) bond motifs is 2. The molecule has 0 aromatic heterocycles. The summed E-state index contributed by atoms with van der Waals surface area (Å²) in [5.74, 6) is 1.96. The molecular formula is C26H39N3O3S. The Labute approximate surface area is 202 Å². The number of anilines is 1. The molecule has 3 N–H and O–H groups in total. The van der Waals surface area contributed by atoms with Gasteiger partial charge in [-0.15, -0.1) is 0 Å². The molecule has 1 aromatic rings. The van der Waals surface area contributed by atoms with Crippen molar-refractivity contribution in [1.82, 2.24) is 10.2 Å². The quantitative estimate of drug-likeness (QED) is 0.537. The molecule has 2 fully saturated rings. The van der Waals surface area contributed by atoms with Crippen molar-refractivity contribution in [2.75, 3.05) is 37.0 Å². The maximum Gasteiger partial charge on any atom is 0.251 e. The van der Waals surface area contributed by atoms with Crippen molar-refractivity contribution in [2.45, 2.75) is 70.1 Å². The SMILES string of the molecule is CSCC(NC(=O)c1cccc2c1CCCN2)C(O)CN1C[C@H]2CCCC[C@H]2C[C@H]1C(C)=O. The summed E-state index contributed by atoms with van der Waals surface area (Å²) in [5.41, 5.74) is 2.80. The number of nitrogens with zero attached hydrogens (tertiary/aromatic N) is 1. The maximum atomic E-state index is 13.2. The molecule has 0 radical (unpaired) electrons. The molecule has 1 amide bonds. The second-order valence-corrected chi connectivity index (χ2v) is 11.0. The number of thioether (sulfide) groups is 1. The predicted octanol–water partition coefficient (Wildman–Crippen LogP) is 3.34. The van der Waals surface area contributed by atoms with Crippen LogP contribution in [0.2, 0.25) is 0 Å². The second kappa shape index (κ2) is 11.2. The Balaban J connectivity index is 1.45. The zero-order valence-electron chi connectivity index (χ0n) is 20.0. The van der Waals surface area contributed by atoms with Crippen molar-refractivity contribution in [3.8, 4) is 0 Å². The van der Waals surface area contributed by atoms with Gasteiger partial charge < -0.3 is 15.7 Å². The molecular weight excluding hydrogens is 434 g/mol. The van der Waals surface area contributed by atoms with E-state index in [0.29, 0.717) is 29.7 Å². The molecule has 0 bridgehead atoms. The summed E-state index contributed by atoms with van der Waals surface area (Å²) in [4.78, 5) is 27.9. The summed E-state index contributed by atoms with van der Waals surface area (Å²) in [6, 6.07) is 5.34. The number of benzene rings is 1. The van der Waals surface area contributed by atoms with Gasteiger partial charge in [-0.2, -0.15) is 11.8 Å². The maximum absolute atomic E-state index is 13.2. The van der Waals surface area contributed by atoms with Crippen LogP contribution in [0, 0.1) is 11.8 Å². The van der Waals surface area contributed by atoms with Crippen LogP contribution in [0.3, 0.4) is 0 Å². The number of amides is 1. The number of rotatable bonds is 8. The minimum atomic E-state index is -0.721. The molecule has 4 rings (SSSR count). The minimum Gasteiger partial charge on any atom is -0.390 e. The molecule has 1 aromatic carbocycles. The zero-order chi connectivity index (χ0) is 23.4. The molecule has 2 heterocycles. The van der Waals surface area contributed by atoms with Crippen LogP contribution in [0.15, 0.2) is 18.2 Å². The summed E-state index contributed by atoms with van der Waals surface area (Å²) >= 11 is 1.62. The van der Waals surface area contributed by atoms with Gasteiger partial charge in [0, 0.05) is 36.6 Å². The molecule has 2 aliphatic heterocycles. The van der Waals surface area contributed by atoms with E-state index in [4.69, 9.17) is 0 Å². The lowest BCUT2D eigenvalue weighted by molar-refractivity contribution is -0.126. The number of aliphatic hydroxyl groups excluding tert-OH is 1. The van der Waals surface area contributed by atoms with E-state index in [1.807, 2.05) is 24.5 Å². The third kappa shape index (κ3) is 5.75. The minimum absolute atomic E-state index is 0.114. The van der Waals surface area contributed by atoms with Gasteiger partial charge in [0.25, 0.3) is 5.91 Å². The van der Waals surface area contributed by atoms with Crippen LogP contribution in [0.5, 0.6) is 0 Å². The highest BCUT2D eigenvalue weighted by Gasteiger charge is 2.40. The Morgan fingerprint density at radius 2 is 2.03 bits per heavy atom. The van der Waals surface area contributed by atoms with E-state index in [9.17, 15) is 14.7 Å². The lowest BCUT2D eigenvalue weighted by Crippen LogP contribution is -2.56. The summed E-state index contributed by atoms with van der Waals surface area (Å²) < 4.78 is 0. The fourth-order valence-corrected chi connectivity index (χ4v) is 6.75. The van der Waals surface area contributed by atoms with Crippen molar-refractivity contribution >= 4 is 29.1 Å². The molecule has 1 saturated heterocycles. The Hall–Kier alpha value is -1.57. The van der Waals surface area contributed by atoms with Gasteiger partial charge in [0.1, 0.15) is 5.78 Å². The molecule has 0 spiro atoms. The van der Waals surface area contributed by atoms with E-state index in [0.717, 1.165) is 43.6 Å². The lowest BCUT2D eigenvalue weighted by Gasteiger charge is -2.46. The van der Waals surface area contributed by atoms with Crippen LogP contribution in [-0.2, 0) is 11.2 Å². The summed E-state index contributed by atoms with van der Waals surface area (Å²) in [6.07, 6.45) is 9.07. The first-order valence-corrected chi connectivity index (χ1v) is 14.0. The van der Waals surface area contributed by atoms with Gasteiger partial charge in [-0.3, -0.25) is 14.5 Å². The van der Waals surface area contributed by atoms with Gasteiger partial charge in [-0.25, -0.2) is 0 Å². The van der Waals surface area contributed by atoms with E-state index < -0.39 is 6.10 Å². The predicted molar refractivity (Wildman–Crippen MR) is 135 cm³/mol. The van der Waals surface area contributed by atoms with Crippen LogP contribution < -0.4 is 10.6 Å². The van der Waals surface area contributed by atoms with Crippen molar-refractivity contribution in [2.24, 2.45) is 11.8 Å². The zero-order valence-corrected chi connectivity index (χ0v) is 20.8. The van der Waals surface area contributed by atoms with Crippen LogP contribution in [-0.4, -0.2) is 71.5 Å². The first kappa shape index (κ1) is 24.6. The molecule has 6 nitrogen and oxygen atoms in total. The fraction of sp³-hybridized carbons (Fsp3) is 0.692. The van der Waals surface area contributed by atoms with Crippen LogP contribution >= 0.6 is 11.8 Å². The molecule has 33 heavy (non-hydrogen) atoms.